The zero-order valence-electron chi connectivity index (χ0n) is 6.57. The van der Waals surface area contributed by atoms with Crippen molar-refractivity contribution in [2.24, 2.45) is 0 Å². The Bertz CT molecular complexity index is 201. The second-order valence-electron chi connectivity index (χ2n) is 2.40. The summed E-state index contributed by atoms with van der Waals surface area (Å²) in [4.78, 5) is 1.16. The van der Waals surface area contributed by atoms with Crippen LogP contribution in [0.15, 0.2) is 17.5 Å². The maximum Gasteiger partial charge on any atom is 0.0908 e. The summed E-state index contributed by atoms with van der Waals surface area (Å²) in [7, 11) is 0. The number of hydrogen-bond donors (Lipinski definition) is 1. The number of hydrogen-bond acceptors (Lipinski definition) is 3. The van der Waals surface area contributed by atoms with E-state index >= 15 is 0 Å². The Morgan fingerprint density at radius 2 is 2.50 bits per heavy atom. The van der Waals surface area contributed by atoms with Gasteiger partial charge in [-0.3, -0.25) is 0 Å². The summed E-state index contributed by atoms with van der Waals surface area (Å²) in [6.45, 7) is 0.868. The van der Waals surface area contributed by atoms with Crippen molar-refractivity contribution in [2.75, 3.05) is 12.5 Å². The van der Waals surface area contributed by atoms with Crippen LogP contribution in [-0.4, -0.2) is 23.7 Å². The summed E-state index contributed by atoms with van der Waals surface area (Å²) in [5.41, 5.74) is 0. The first-order valence-corrected chi connectivity index (χ1v) is 5.08. The third-order valence-electron chi connectivity index (χ3n) is 1.31. The minimum absolute atomic E-state index is 0.227. The van der Waals surface area contributed by atoms with Crippen molar-refractivity contribution in [1.82, 2.24) is 0 Å². The Hall–Kier alpha value is -0.0900. The maximum absolute atomic E-state index is 9.03. The molecule has 0 fully saturated rings. The fourth-order valence-electron chi connectivity index (χ4n) is 0.735. The molecule has 1 aromatic rings. The molecule has 68 valence electrons. The zero-order chi connectivity index (χ0) is 8.81. The number of aliphatic hydroxyl groups excluding tert-OH is 1. The predicted molar refractivity (Wildman–Crippen MR) is 50.7 cm³/mol. The maximum atomic E-state index is 9.03. The van der Waals surface area contributed by atoms with Crippen LogP contribution in [0.1, 0.15) is 4.88 Å². The average Bonchev–Trinajstić information content (AvgIpc) is 2.57. The van der Waals surface area contributed by atoms with Crippen LogP contribution in [0.5, 0.6) is 0 Å². The molecular weight excluding hydrogens is 196 g/mol. The second-order valence-corrected chi connectivity index (χ2v) is 3.74. The van der Waals surface area contributed by atoms with Gasteiger partial charge < -0.3 is 9.84 Å². The Morgan fingerprint density at radius 3 is 3.08 bits per heavy atom. The lowest BCUT2D eigenvalue weighted by atomic mass is 10.4. The molecular formula is C8H11ClO2S. The van der Waals surface area contributed by atoms with Crippen molar-refractivity contribution in [3.8, 4) is 0 Å². The van der Waals surface area contributed by atoms with Crippen LogP contribution in [-0.2, 0) is 11.3 Å². The van der Waals surface area contributed by atoms with Crippen LogP contribution in [0.25, 0.3) is 0 Å². The minimum atomic E-state index is -0.549. The molecule has 0 saturated heterocycles. The summed E-state index contributed by atoms with van der Waals surface area (Å²) in [6.07, 6.45) is -0.549. The van der Waals surface area contributed by atoms with Gasteiger partial charge in [0.05, 0.1) is 25.2 Å². The van der Waals surface area contributed by atoms with Gasteiger partial charge in [0.25, 0.3) is 0 Å². The monoisotopic (exact) mass is 206 g/mol. The highest BCUT2D eigenvalue weighted by atomic mass is 35.5. The highest BCUT2D eigenvalue weighted by molar-refractivity contribution is 7.09. The van der Waals surface area contributed by atoms with Crippen LogP contribution in [0, 0.1) is 0 Å². The highest BCUT2D eigenvalue weighted by Gasteiger charge is 2.01. The fourth-order valence-corrected chi connectivity index (χ4v) is 1.46. The molecule has 4 heteroatoms. The first-order valence-electron chi connectivity index (χ1n) is 3.67. The van der Waals surface area contributed by atoms with Crippen LogP contribution >= 0.6 is 22.9 Å². The number of thiophene rings is 1. The summed E-state index contributed by atoms with van der Waals surface area (Å²) < 4.78 is 5.21. The number of alkyl halides is 1. The lowest BCUT2D eigenvalue weighted by Gasteiger charge is -2.06. The lowest BCUT2D eigenvalue weighted by Crippen LogP contribution is -2.16. The van der Waals surface area contributed by atoms with E-state index in [0.29, 0.717) is 13.2 Å². The molecule has 1 aromatic heterocycles. The Kier molecular flexibility index (Phi) is 4.61. The number of ether oxygens (including phenoxy) is 1. The molecule has 0 aliphatic carbocycles. The Morgan fingerprint density at radius 1 is 1.67 bits per heavy atom. The molecule has 1 N–H and O–H groups in total. The van der Waals surface area contributed by atoms with Gasteiger partial charge in [-0.15, -0.1) is 22.9 Å². The van der Waals surface area contributed by atoms with Gasteiger partial charge in [0.15, 0.2) is 0 Å². The predicted octanol–water partition coefficient (Wildman–Crippen LogP) is 1.86. The van der Waals surface area contributed by atoms with Crippen LogP contribution in [0.4, 0.5) is 0 Å². The van der Waals surface area contributed by atoms with Crippen LogP contribution in [0.3, 0.4) is 0 Å². The molecule has 0 radical (unpaired) electrons. The molecule has 0 aromatic carbocycles. The fraction of sp³-hybridized carbons (Fsp3) is 0.500. The van der Waals surface area contributed by atoms with Gasteiger partial charge in [-0.2, -0.15) is 0 Å². The lowest BCUT2D eigenvalue weighted by molar-refractivity contribution is 0.0403. The van der Waals surface area contributed by atoms with Crippen LogP contribution < -0.4 is 0 Å². The van der Waals surface area contributed by atoms with E-state index in [0.717, 1.165) is 4.88 Å². The largest absolute Gasteiger partial charge is 0.389 e. The second kappa shape index (κ2) is 5.54. The molecule has 12 heavy (non-hydrogen) atoms. The molecule has 0 spiro atoms. The minimum Gasteiger partial charge on any atom is -0.389 e. The van der Waals surface area contributed by atoms with Crippen molar-refractivity contribution in [1.29, 1.82) is 0 Å². The van der Waals surface area contributed by atoms with Crippen molar-refractivity contribution >= 4 is 22.9 Å². The standard InChI is InChI=1S/C8H11ClO2S/c9-4-7(10)5-11-6-8-2-1-3-12-8/h1-3,7,10H,4-6H2. The van der Waals surface area contributed by atoms with Crippen molar-refractivity contribution in [3.63, 3.8) is 0 Å². The summed E-state index contributed by atoms with van der Waals surface area (Å²) in [5.74, 6) is 0.227. The van der Waals surface area contributed by atoms with Crippen molar-refractivity contribution < 1.29 is 9.84 Å². The van der Waals surface area contributed by atoms with Gasteiger partial charge in [0, 0.05) is 4.88 Å². The number of aliphatic hydroxyl groups is 1. The van der Waals surface area contributed by atoms with Gasteiger partial charge in [0.1, 0.15) is 0 Å². The van der Waals surface area contributed by atoms with E-state index in [1.807, 2.05) is 17.5 Å². The van der Waals surface area contributed by atoms with Crippen molar-refractivity contribution in [2.45, 2.75) is 12.7 Å². The Labute approximate surface area is 80.7 Å². The average molecular weight is 207 g/mol. The third-order valence-corrected chi connectivity index (χ3v) is 2.52. The molecule has 0 amide bonds. The first-order chi connectivity index (χ1) is 5.83. The van der Waals surface area contributed by atoms with E-state index in [2.05, 4.69) is 0 Å². The number of rotatable bonds is 5. The zero-order valence-corrected chi connectivity index (χ0v) is 8.14. The van der Waals surface area contributed by atoms with E-state index < -0.39 is 6.10 Å². The third kappa shape index (κ3) is 3.54. The molecule has 0 bridgehead atoms. The first kappa shape index (κ1) is 9.99. The van der Waals surface area contributed by atoms with E-state index in [1.165, 1.54) is 0 Å². The normalized spacial score (nSPS) is 13.2. The van der Waals surface area contributed by atoms with Crippen LogP contribution in [0.2, 0.25) is 0 Å². The topological polar surface area (TPSA) is 29.5 Å². The Balaban J connectivity index is 2.11. The van der Waals surface area contributed by atoms with E-state index in [9.17, 15) is 0 Å². The van der Waals surface area contributed by atoms with Gasteiger partial charge >= 0.3 is 0 Å². The quantitative estimate of drug-likeness (QED) is 0.746. The summed E-state index contributed by atoms with van der Waals surface area (Å²) in [5, 5.41) is 11.0. The smallest absolute Gasteiger partial charge is 0.0908 e. The highest BCUT2D eigenvalue weighted by Crippen LogP contribution is 2.09. The van der Waals surface area contributed by atoms with Gasteiger partial charge in [-0.1, -0.05) is 6.07 Å². The van der Waals surface area contributed by atoms with Gasteiger partial charge in [-0.05, 0) is 11.4 Å². The van der Waals surface area contributed by atoms with E-state index in [-0.39, 0.29) is 5.88 Å². The molecule has 1 heterocycles. The summed E-state index contributed by atoms with van der Waals surface area (Å²) in [6, 6.07) is 3.97. The van der Waals surface area contributed by atoms with Crippen molar-refractivity contribution in [3.05, 3.63) is 22.4 Å². The molecule has 1 atom stereocenters. The van der Waals surface area contributed by atoms with E-state index in [4.69, 9.17) is 21.4 Å². The van der Waals surface area contributed by atoms with Gasteiger partial charge in [-0.25, -0.2) is 0 Å². The molecule has 0 saturated carbocycles. The summed E-state index contributed by atoms with van der Waals surface area (Å²) >= 11 is 7.03. The molecule has 0 aliphatic heterocycles. The van der Waals surface area contributed by atoms with E-state index in [1.54, 1.807) is 11.3 Å². The molecule has 1 rings (SSSR count). The van der Waals surface area contributed by atoms with Gasteiger partial charge in [0.2, 0.25) is 0 Å². The molecule has 0 aliphatic rings. The SMILES string of the molecule is OC(CCl)COCc1cccs1. The molecule has 1 unspecified atom stereocenters. The molecule has 2 nitrogen and oxygen atoms in total. The number of halogens is 1.